The van der Waals surface area contributed by atoms with Gasteiger partial charge in [0, 0.05) is 4.58 Å². The minimum absolute atomic E-state index is 0.0663. The van der Waals surface area contributed by atoms with Crippen LogP contribution in [0.25, 0.3) is 0 Å². The molecule has 6 nitrogen and oxygen atoms in total. The quantitative estimate of drug-likeness (QED) is 0.678. The van der Waals surface area contributed by atoms with E-state index < -0.39 is 16.0 Å². The third-order valence-corrected chi connectivity index (χ3v) is 3.88. The van der Waals surface area contributed by atoms with Gasteiger partial charge in [-0.15, -0.1) is 0 Å². The number of benzene rings is 2. The molecule has 0 bridgehead atoms. The molecule has 0 saturated heterocycles. The van der Waals surface area contributed by atoms with Gasteiger partial charge in [0.15, 0.2) is 0 Å². The van der Waals surface area contributed by atoms with Crippen LogP contribution in [0.5, 0.6) is 0 Å². The molecule has 0 saturated carbocycles. The molecular weight excluding hydrogens is 280 g/mol. The van der Waals surface area contributed by atoms with Crippen LogP contribution in [0.2, 0.25) is 0 Å². The zero-order valence-corrected chi connectivity index (χ0v) is 11.2. The highest BCUT2D eigenvalue weighted by molar-refractivity contribution is 7.89. The minimum atomic E-state index is -4.07. The molecule has 20 heavy (non-hydrogen) atoms. The first-order valence-corrected chi connectivity index (χ1v) is 7.08. The number of sulfonamides is 1. The second-order valence-corrected chi connectivity index (χ2v) is 5.60. The zero-order valence-electron chi connectivity index (χ0n) is 10.3. The van der Waals surface area contributed by atoms with E-state index in [1.165, 1.54) is 24.3 Å². The van der Waals surface area contributed by atoms with E-state index in [1.54, 1.807) is 36.4 Å². The smallest absolute Gasteiger partial charge is 0.333 e. The Balaban J connectivity index is 2.17. The number of hydrogen-bond donors (Lipinski definition) is 1. The molecule has 2 aromatic carbocycles. The van der Waals surface area contributed by atoms with Crippen LogP contribution in [-0.2, 0) is 14.9 Å². The molecule has 0 aromatic heterocycles. The van der Waals surface area contributed by atoms with E-state index in [0.717, 1.165) is 0 Å². The van der Waals surface area contributed by atoms with Crippen molar-refractivity contribution in [2.24, 2.45) is 5.84 Å². The van der Waals surface area contributed by atoms with Gasteiger partial charge >= 0.3 is 5.97 Å². The number of hydrazine groups is 1. The lowest BCUT2D eigenvalue weighted by molar-refractivity contribution is -0.0454. The maximum absolute atomic E-state index is 12.0. The van der Waals surface area contributed by atoms with Crippen LogP contribution in [0.4, 0.5) is 0 Å². The molecule has 0 aliphatic heterocycles. The third kappa shape index (κ3) is 3.02. The van der Waals surface area contributed by atoms with E-state index in [1.807, 2.05) is 0 Å². The minimum Gasteiger partial charge on any atom is -0.333 e. The summed E-state index contributed by atoms with van der Waals surface area (Å²) in [6.45, 7) is 0. The Morgan fingerprint density at radius 3 is 2.00 bits per heavy atom. The fourth-order valence-corrected chi connectivity index (χ4v) is 2.33. The average Bonchev–Trinajstić information content (AvgIpc) is 2.49. The van der Waals surface area contributed by atoms with Crippen molar-refractivity contribution >= 4 is 16.0 Å². The molecule has 2 aromatic rings. The second kappa shape index (κ2) is 5.83. The summed E-state index contributed by atoms with van der Waals surface area (Å²) < 4.78 is 24.1. The number of nitrogens with two attached hydrogens (primary N) is 1. The van der Waals surface area contributed by atoms with Gasteiger partial charge in [-0.2, -0.15) is 0 Å². The van der Waals surface area contributed by atoms with E-state index in [2.05, 4.69) is 4.84 Å². The normalized spacial score (nSPS) is 11.3. The SMILES string of the molecule is NN(OC(=O)c1ccccc1)S(=O)(=O)c1ccccc1. The van der Waals surface area contributed by atoms with Gasteiger partial charge in [0.1, 0.15) is 0 Å². The fourth-order valence-electron chi connectivity index (χ4n) is 1.45. The van der Waals surface area contributed by atoms with Crippen molar-refractivity contribution in [3.8, 4) is 0 Å². The molecule has 0 spiro atoms. The Bertz CT molecular complexity index is 687. The highest BCUT2D eigenvalue weighted by Crippen LogP contribution is 2.13. The van der Waals surface area contributed by atoms with Gasteiger partial charge in [-0.1, -0.05) is 36.4 Å². The van der Waals surface area contributed by atoms with E-state index >= 15 is 0 Å². The Hall–Kier alpha value is -2.22. The lowest BCUT2D eigenvalue weighted by atomic mass is 10.2. The lowest BCUT2D eigenvalue weighted by Gasteiger charge is -2.15. The van der Waals surface area contributed by atoms with Crippen molar-refractivity contribution in [2.45, 2.75) is 4.90 Å². The van der Waals surface area contributed by atoms with Crippen LogP contribution in [-0.4, -0.2) is 19.0 Å². The highest BCUT2D eigenvalue weighted by atomic mass is 32.2. The van der Waals surface area contributed by atoms with Crippen LogP contribution < -0.4 is 5.84 Å². The maximum Gasteiger partial charge on any atom is 0.359 e. The second-order valence-electron chi connectivity index (χ2n) is 3.82. The van der Waals surface area contributed by atoms with Crippen molar-refractivity contribution in [1.29, 1.82) is 0 Å². The monoisotopic (exact) mass is 292 g/mol. The Morgan fingerprint density at radius 1 is 0.950 bits per heavy atom. The summed E-state index contributed by atoms with van der Waals surface area (Å²) >= 11 is 0. The van der Waals surface area contributed by atoms with Gasteiger partial charge in [-0.25, -0.2) is 19.1 Å². The third-order valence-electron chi connectivity index (χ3n) is 2.46. The van der Waals surface area contributed by atoms with Crippen molar-refractivity contribution in [1.82, 2.24) is 4.58 Å². The summed E-state index contributed by atoms with van der Waals surface area (Å²) in [6.07, 6.45) is 0. The van der Waals surface area contributed by atoms with Crippen molar-refractivity contribution in [3.63, 3.8) is 0 Å². The summed E-state index contributed by atoms with van der Waals surface area (Å²) in [7, 11) is -4.07. The highest BCUT2D eigenvalue weighted by Gasteiger charge is 2.25. The number of carbonyl (C=O) groups excluding carboxylic acids is 1. The van der Waals surface area contributed by atoms with Crippen LogP contribution in [0.15, 0.2) is 65.6 Å². The van der Waals surface area contributed by atoms with Gasteiger partial charge in [-0.3, -0.25) is 0 Å². The van der Waals surface area contributed by atoms with Gasteiger partial charge in [0.05, 0.1) is 10.5 Å². The van der Waals surface area contributed by atoms with Crippen molar-refractivity contribution in [2.75, 3.05) is 0 Å². The first-order valence-electron chi connectivity index (χ1n) is 5.64. The summed E-state index contributed by atoms with van der Waals surface area (Å²) in [5.74, 6) is 4.47. The van der Waals surface area contributed by atoms with Crippen LogP contribution in [0.3, 0.4) is 0 Å². The number of carbonyl (C=O) groups is 1. The molecule has 0 atom stereocenters. The van der Waals surface area contributed by atoms with Gasteiger partial charge < -0.3 is 4.84 Å². The molecule has 0 aliphatic carbocycles. The molecular formula is C13H12N2O4S. The van der Waals surface area contributed by atoms with Crippen LogP contribution in [0, 0.1) is 0 Å². The standard InChI is InChI=1S/C13H12N2O4S/c14-15(19-13(16)11-7-3-1-4-8-11)20(17,18)12-9-5-2-6-10-12/h1-10H,14H2. The van der Waals surface area contributed by atoms with Gasteiger partial charge in [-0.05, 0) is 24.3 Å². The van der Waals surface area contributed by atoms with Crippen molar-refractivity contribution in [3.05, 3.63) is 66.2 Å². The zero-order chi connectivity index (χ0) is 14.6. The Labute approximate surface area is 116 Å². The molecule has 104 valence electrons. The fraction of sp³-hybridized carbons (Fsp3) is 0. The van der Waals surface area contributed by atoms with E-state index in [-0.39, 0.29) is 15.0 Å². The van der Waals surface area contributed by atoms with Crippen LogP contribution in [0.1, 0.15) is 10.4 Å². The molecule has 2 rings (SSSR count). The predicted octanol–water partition coefficient (Wildman–Crippen LogP) is 1.32. The topological polar surface area (TPSA) is 89.7 Å². The average molecular weight is 292 g/mol. The van der Waals surface area contributed by atoms with Crippen molar-refractivity contribution < 1.29 is 18.0 Å². The molecule has 0 aliphatic rings. The maximum atomic E-state index is 12.0. The van der Waals surface area contributed by atoms with Crippen LogP contribution >= 0.6 is 0 Å². The molecule has 0 amide bonds. The van der Waals surface area contributed by atoms with Gasteiger partial charge in [0.2, 0.25) is 0 Å². The molecule has 0 unspecified atom stereocenters. The summed E-state index contributed by atoms with van der Waals surface area (Å²) in [5, 5.41) is 0. The molecule has 0 heterocycles. The van der Waals surface area contributed by atoms with E-state index in [9.17, 15) is 13.2 Å². The number of rotatable bonds is 4. The number of nitrogens with zero attached hydrogens (tertiary/aromatic N) is 1. The summed E-state index contributed by atoms with van der Waals surface area (Å²) in [4.78, 5) is 16.3. The van der Waals surface area contributed by atoms with E-state index in [0.29, 0.717) is 0 Å². The lowest BCUT2D eigenvalue weighted by Crippen LogP contribution is -2.39. The van der Waals surface area contributed by atoms with E-state index in [4.69, 9.17) is 5.84 Å². The summed E-state index contributed by atoms with van der Waals surface area (Å²) in [5.41, 5.74) is 0.200. The summed E-state index contributed by atoms with van der Waals surface area (Å²) in [6, 6.07) is 15.4. The number of hydrogen-bond acceptors (Lipinski definition) is 5. The first kappa shape index (κ1) is 14.2. The molecule has 0 fully saturated rings. The largest absolute Gasteiger partial charge is 0.359 e. The Morgan fingerprint density at radius 2 is 1.45 bits per heavy atom. The molecule has 2 N–H and O–H groups in total. The van der Waals surface area contributed by atoms with Gasteiger partial charge in [0.25, 0.3) is 10.0 Å². The molecule has 7 heteroatoms. The first-order chi connectivity index (χ1) is 9.51. The Kier molecular flexibility index (Phi) is 4.14. The predicted molar refractivity (Wildman–Crippen MR) is 71.5 cm³/mol. The molecule has 0 radical (unpaired) electrons.